The van der Waals surface area contributed by atoms with Crippen molar-refractivity contribution >= 4 is 5.91 Å². The van der Waals surface area contributed by atoms with Crippen molar-refractivity contribution < 1.29 is 9.53 Å². The third-order valence-corrected chi connectivity index (χ3v) is 4.74. The summed E-state index contributed by atoms with van der Waals surface area (Å²) in [6, 6.07) is 14.1. The van der Waals surface area contributed by atoms with Gasteiger partial charge in [0.25, 0.3) is 0 Å². The number of pyridine rings is 1. The summed E-state index contributed by atoms with van der Waals surface area (Å²) in [4.78, 5) is 18.6. The molecule has 4 heteroatoms. The van der Waals surface area contributed by atoms with Crippen LogP contribution in [0, 0.1) is 5.92 Å². The summed E-state index contributed by atoms with van der Waals surface area (Å²) in [7, 11) is 0. The molecule has 0 radical (unpaired) electrons. The number of hydrogen-bond acceptors (Lipinski definition) is 3. The van der Waals surface area contributed by atoms with Crippen LogP contribution < -0.4 is 4.74 Å². The average Bonchev–Trinajstić information content (AvgIpc) is 3.28. The highest BCUT2D eigenvalue weighted by molar-refractivity contribution is 5.83. The lowest BCUT2D eigenvalue weighted by molar-refractivity contribution is -0.131. The molecule has 0 N–H and O–H groups in total. The lowest BCUT2D eigenvalue weighted by atomic mass is 10.1. The molecule has 2 aromatic rings. The third-order valence-electron chi connectivity index (χ3n) is 4.74. The Morgan fingerprint density at radius 1 is 1.13 bits per heavy atom. The quantitative estimate of drug-likeness (QED) is 0.872. The van der Waals surface area contributed by atoms with Crippen molar-refractivity contribution in [1.29, 1.82) is 0 Å². The van der Waals surface area contributed by atoms with Crippen molar-refractivity contribution in [3.63, 3.8) is 0 Å². The highest BCUT2D eigenvalue weighted by atomic mass is 16.5. The van der Waals surface area contributed by atoms with E-state index in [4.69, 9.17) is 4.74 Å². The zero-order valence-electron chi connectivity index (χ0n) is 13.0. The number of amides is 1. The van der Waals surface area contributed by atoms with Gasteiger partial charge in [-0.25, -0.2) is 0 Å². The first-order valence-electron chi connectivity index (χ1n) is 8.21. The van der Waals surface area contributed by atoms with E-state index >= 15 is 0 Å². The topological polar surface area (TPSA) is 42.4 Å². The molecular formula is C19H20N2O2. The fourth-order valence-corrected chi connectivity index (χ4v) is 3.40. The molecule has 0 spiro atoms. The van der Waals surface area contributed by atoms with Gasteiger partial charge in [-0.15, -0.1) is 0 Å². The smallest absolute Gasteiger partial charge is 0.226 e. The summed E-state index contributed by atoms with van der Waals surface area (Å²) in [5.74, 6) is 1.69. The second kappa shape index (κ2) is 6.03. The monoisotopic (exact) mass is 308 g/mol. The Labute approximate surface area is 136 Å². The largest absolute Gasteiger partial charge is 0.488 e. The lowest BCUT2D eigenvalue weighted by Gasteiger charge is -2.17. The molecule has 1 aliphatic carbocycles. The van der Waals surface area contributed by atoms with Crippen LogP contribution in [0.3, 0.4) is 0 Å². The van der Waals surface area contributed by atoms with E-state index in [9.17, 15) is 4.79 Å². The van der Waals surface area contributed by atoms with Gasteiger partial charge < -0.3 is 9.64 Å². The highest BCUT2D eigenvalue weighted by Crippen LogP contribution is 2.48. The van der Waals surface area contributed by atoms with E-state index in [-0.39, 0.29) is 12.0 Å². The maximum Gasteiger partial charge on any atom is 0.226 e. The molecule has 1 saturated heterocycles. The van der Waals surface area contributed by atoms with Crippen LogP contribution in [-0.4, -0.2) is 35.0 Å². The number of carbonyl (C=O) groups excluding carboxylic acids is 1. The summed E-state index contributed by atoms with van der Waals surface area (Å²) in [5, 5.41) is 0. The molecule has 1 aromatic heterocycles. The van der Waals surface area contributed by atoms with Crippen LogP contribution in [0.4, 0.5) is 0 Å². The van der Waals surface area contributed by atoms with E-state index in [0.29, 0.717) is 18.4 Å². The molecule has 23 heavy (non-hydrogen) atoms. The zero-order valence-corrected chi connectivity index (χ0v) is 13.0. The first-order valence-corrected chi connectivity index (χ1v) is 8.21. The number of likely N-dealkylation sites (tertiary alicyclic amines) is 1. The zero-order chi connectivity index (χ0) is 15.6. The minimum atomic E-state index is 0.0928. The van der Waals surface area contributed by atoms with Gasteiger partial charge in [-0.05, 0) is 30.0 Å². The van der Waals surface area contributed by atoms with Crippen LogP contribution in [0.1, 0.15) is 24.3 Å². The Morgan fingerprint density at radius 2 is 1.91 bits per heavy atom. The van der Waals surface area contributed by atoms with Gasteiger partial charge in [0.15, 0.2) is 0 Å². The van der Waals surface area contributed by atoms with Crippen LogP contribution in [0.25, 0.3) is 0 Å². The molecule has 1 amide bonds. The predicted octanol–water partition coefficient (Wildman–Crippen LogP) is 2.87. The second-order valence-corrected chi connectivity index (χ2v) is 6.36. The van der Waals surface area contributed by atoms with Gasteiger partial charge in [0.1, 0.15) is 11.9 Å². The van der Waals surface area contributed by atoms with Gasteiger partial charge in [0.05, 0.1) is 6.54 Å². The molecular weight excluding hydrogens is 288 g/mol. The van der Waals surface area contributed by atoms with E-state index < -0.39 is 0 Å². The Balaban J connectivity index is 1.33. The minimum Gasteiger partial charge on any atom is -0.488 e. The minimum absolute atomic E-state index is 0.0928. The van der Waals surface area contributed by atoms with Gasteiger partial charge in [-0.2, -0.15) is 0 Å². The Kier molecular flexibility index (Phi) is 3.74. The van der Waals surface area contributed by atoms with Crippen LogP contribution in [0.15, 0.2) is 54.9 Å². The summed E-state index contributed by atoms with van der Waals surface area (Å²) in [6.07, 6.45) is 5.42. The van der Waals surface area contributed by atoms with Gasteiger partial charge in [0.2, 0.25) is 5.91 Å². The van der Waals surface area contributed by atoms with E-state index in [0.717, 1.165) is 25.1 Å². The first-order chi connectivity index (χ1) is 11.3. The molecule has 2 aliphatic rings. The van der Waals surface area contributed by atoms with Gasteiger partial charge in [-0.3, -0.25) is 9.78 Å². The van der Waals surface area contributed by atoms with Crippen molar-refractivity contribution in [3.05, 3.63) is 60.4 Å². The molecule has 4 nitrogen and oxygen atoms in total. The van der Waals surface area contributed by atoms with Gasteiger partial charge >= 0.3 is 0 Å². The molecule has 3 atom stereocenters. The van der Waals surface area contributed by atoms with Crippen molar-refractivity contribution in [2.45, 2.75) is 24.9 Å². The first kappa shape index (κ1) is 14.2. The summed E-state index contributed by atoms with van der Waals surface area (Å²) in [5.41, 5.74) is 1.29. The summed E-state index contributed by atoms with van der Waals surface area (Å²) < 4.78 is 5.93. The Morgan fingerprint density at radius 3 is 2.70 bits per heavy atom. The number of aromatic nitrogens is 1. The maximum atomic E-state index is 12.6. The highest BCUT2D eigenvalue weighted by Gasteiger charge is 2.46. The predicted molar refractivity (Wildman–Crippen MR) is 87.1 cm³/mol. The van der Waals surface area contributed by atoms with Crippen molar-refractivity contribution in [3.8, 4) is 5.75 Å². The van der Waals surface area contributed by atoms with E-state index in [1.807, 2.05) is 35.2 Å². The van der Waals surface area contributed by atoms with Crippen molar-refractivity contribution in [1.82, 2.24) is 9.88 Å². The van der Waals surface area contributed by atoms with E-state index in [2.05, 4.69) is 17.1 Å². The SMILES string of the molecule is O=C([C@@H]1C[C@H]1c1ccccc1)N1CC[C@@H](Oc2ccncc2)C1. The molecule has 2 heterocycles. The molecule has 1 saturated carbocycles. The Bertz CT molecular complexity index is 674. The second-order valence-electron chi connectivity index (χ2n) is 6.36. The number of nitrogens with zero attached hydrogens (tertiary/aromatic N) is 2. The number of hydrogen-bond donors (Lipinski definition) is 0. The molecule has 2 fully saturated rings. The van der Waals surface area contributed by atoms with Gasteiger partial charge in [0, 0.05) is 31.3 Å². The molecule has 118 valence electrons. The number of rotatable bonds is 4. The molecule has 4 rings (SSSR count). The van der Waals surface area contributed by atoms with E-state index in [1.165, 1.54) is 5.56 Å². The fourth-order valence-electron chi connectivity index (χ4n) is 3.40. The number of benzene rings is 1. The van der Waals surface area contributed by atoms with Crippen LogP contribution in [-0.2, 0) is 4.79 Å². The summed E-state index contributed by atoms with van der Waals surface area (Å²) >= 11 is 0. The number of carbonyl (C=O) groups is 1. The van der Waals surface area contributed by atoms with Crippen LogP contribution in [0.5, 0.6) is 5.75 Å². The normalized spacial score (nSPS) is 26.1. The van der Waals surface area contributed by atoms with Crippen LogP contribution >= 0.6 is 0 Å². The number of ether oxygens (including phenoxy) is 1. The van der Waals surface area contributed by atoms with Gasteiger partial charge in [-0.1, -0.05) is 30.3 Å². The molecule has 1 aliphatic heterocycles. The molecule has 0 bridgehead atoms. The molecule has 1 aromatic carbocycles. The maximum absolute atomic E-state index is 12.6. The summed E-state index contributed by atoms with van der Waals surface area (Å²) in [6.45, 7) is 1.49. The van der Waals surface area contributed by atoms with Crippen molar-refractivity contribution in [2.75, 3.05) is 13.1 Å². The average molecular weight is 308 g/mol. The van der Waals surface area contributed by atoms with Crippen molar-refractivity contribution in [2.24, 2.45) is 5.92 Å². The fraction of sp³-hybridized carbons (Fsp3) is 0.368. The van der Waals surface area contributed by atoms with Crippen LogP contribution in [0.2, 0.25) is 0 Å². The Hall–Kier alpha value is -2.36. The molecule has 0 unspecified atom stereocenters. The standard InChI is InChI=1S/C19H20N2O2/c22-19(18-12-17(18)14-4-2-1-3-5-14)21-11-8-16(13-21)23-15-6-9-20-10-7-15/h1-7,9-10,16-18H,8,11-13H2/t16-,17+,18-/m1/s1. The third kappa shape index (κ3) is 3.07. The lowest BCUT2D eigenvalue weighted by Crippen LogP contribution is -2.32. The van der Waals surface area contributed by atoms with E-state index in [1.54, 1.807) is 12.4 Å².